The molecule has 1 N–H and O–H groups in total. The maximum atomic E-state index is 12.4. The topological polar surface area (TPSA) is 75.7 Å². The van der Waals surface area contributed by atoms with E-state index in [0.29, 0.717) is 18.7 Å². The maximum Gasteiger partial charge on any atom is 0.246 e. The van der Waals surface area contributed by atoms with Gasteiger partial charge in [-0.2, -0.15) is 0 Å². The molecule has 22 heavy (non-hydrogen) atoms. The van der Waals surface area contributed by atoms with E-state index in [2.05, 4.69) is 5.32 Å². The fourth-order valence-electron chi connectivity index (χ4n) is 1.82. The Balaban J connectivity index is 3.12. The normalized spacial score (nSPS) is 11.5. The first-order valence-electron chi connectivity index (χ1n) is 7.32. The second-order valence-corrected chi connectivity index (χ2v) is 7.15. The lowest BCUT2D eigenvalue weighted by Gasteiger charge is -2.16. The molecule has 0 aliphatic rings. The summed E-state index contributed by atoms with van der Waals surface area (Å²) in [6, 6.07) is 4.64. The fourth-order valence-corrected chi connectivity index (χ4v) is 2.87. The van der Waals surface area contributed by atoms with Crippen LogP contribution in [0.2, 0.25) is 0 Å². The summed E-state index contributed by atoms with van der Waals surface area (Å²) in [5, 5.41) is 2.72. The van der Waals surface area contributed by atoms with Crippen molar-refractivity contribution >= 4 is 21.6 Å². The zero-order valence-electron chi connectivity index (χ0n) is 13.5. The molecular weight excluding hydrogens is 304 g/mol. The van der Waals surface area contributed by atoms with Gasteiger partial charge in [0.15, 0.2) is 0 Å². The first-order chi connectivity index (χ1) is 10.3. The molecule has 0 spiro atoms. The van der Waals surface area contributed by atoms with Crippen LogP contribution in [0.25, 0.3) is 0 Å². The Morgan fingerprint density at radius 1 is 1.27 bits per heavy atom. The van der Waals surface area contributed by atoms with Crippen molar-refractivity contribution in [2.45, 2.75) is 38.0 Å². The molecule has 124 valence electrons. The molecule has 0 atom stereocenters. The van der Waals surface area contributed by atoms with Gasteiger partial charge in [-0.25, -0.2) is 12.7 Å². The van der Waals surface area contributed by atoms with Crippen molar-refractivity contribution < 1.29 is 17.9 Å². The van der Waals surface area contributed by atoms with Gasteiger partial charge in [0.25, 0.3) is 0 Å². The number of sulfonamides is 1. The van der Waals surface area contributed by atoms with Crippen LogP contribution in [0.15, 0.2) is 23.1 Å². The lowest BCUT2D eigenvalue weighted by atomic mass is 10.2. The van der Waals surface area contributed by atoms with Gasteiger partial charge in [0.1, 0.15) is 10.6 Å². The van der Waals surface area contributed by atoms with Crippen molar-refractivity contribution in [2.24, 2.45) is 0 Å². The molecule has 7 heteroatoms. The molecule has 0 aromatic heterocycles. The number of ether oxygens (including phenoxy) is 1. The Morgan fingerprint density at radius 2 is 1.95 bits per heavy atom. The van der Waals surface area contributed by atoms with Crippen molar-refractivity contribution in [3.63, 3.8) is 0 Å². The summed E-state index contributed by atoms with van der Waals surface area (Å²) < 4.78 is 31.2. The summed E-state index contributed by atoms with van der Waals surface area (Å²) in [5.74, 6) is 0.155. The molecule has 0 unspecified atom stereocenters. The number of amides is 1. The number of hydrogen-bond donors (Lipinski definition) is 1. The highest BCUT2D eigenvalue weighted by Gasteiger charge is 2.23. The smallest absolute Gasteiger partial charge is 0.246 e. The van der Waals surface area contributed by atoms with Crippen LogP contribution in [0.5, 0.6) is 5.75 Å². The van der Waals surface area contributed by atoms with Gasteiger partial charge in [-0.1, -0.05) is 13.3 Å². The first kappa shape index (κ1) is 18.4. The minimum absolute atomic E-state index is 0.0487. The number of unbranched alkanes of at least 4 members (excludes halogenated alkanes) is 1. The highest BCUT2D eigenvalue weighted by molar-refractivity contribution is 7.89. The number of benzene rings is 1. The van der Waals surface area contributed by atoms with Crippen LogP contribution in [-0.2, 0) is 14.8 Å². The maximum absolute atomic E-state index is 12.4. The molecule has 0 bridgehead atoms. The van der Waals surface area contributed by atoms with Crippen molar-refractivity contribution in [1.29, 1.82) is 0 Å². The third-order valence-electron chi connectivity index (χ3n) is 3.04. The Morgan fingerprint density at radius 3 is 2.50 bits per heavy atom. The molecule has 6 nitrogen and oxygen atoms in total. The van der Waals surface area contributed by atoms with Gasteiger partial charge in [-0.05, 0) is 31.5 Å². The van der Waals surface area contributed by atoms with Gasteiger partial charge >= 0.3 is 0 Å². The first-order valence-corrected chi connectivity index (χ1v) is 8.76. The van der Waals surface area contributed by atoms with E-state index in [9.17, 15) is 13.2 Å². The Labute approximate surface area is 132 Å². The van der Waals surface area contributed by atoms with Crippen molar-refractivity contribution in [2.75, 3.05) is 26.0 Å². The fraction of sp³-hybridized carbons (Fsp3) is 0.533. The minimum atomic E-state index is -3.65. The van der Waals surface area contributed by atoms with E-state index in [1.807, 2.05) is 6.92 Å². The van der Waals surface area contributed by atoms with Gasteiger partial charge in [-0.3, -0.25) is 4.79 Å². The van der Waals surface area contributed by atoms with Gasteiger partial charge < -0.3 is 10.1 Å². The zero-order chi connectivity index (χ0) is 16.8. The van der Waals surface area contributed by atoms with E-state index in [1.54, 1.807) is 19.1 Å². The molecule has 1 aromatic carbocycles. The molecule has 0 saturated carbocycles. The van der Waals surface area contributed by atoms with Crippen LogP contribution >= 0.6 is 0 Å². The predicted molar refractivity (Wildman–Crippen MR) is 86.6 cm³/mol. The summed E-state index contributed by atoms with van der Waals surface area (Å²) in [6.45, 7) is 4.15. The average molecular weight is 328 g/mol. The molecule has 0 saturated heterocycles. The molecule has 1 rings (SSSR count). The summed E-state index contributed by atoms with van der Waals surface area (Å²) in [7, 11) is -0.736. The number of rotatable bonds is 8. The predicted octanol–water partition coefficient (Wildman–Crippen LogP) is 2.46. The second kappa shape index (κ2) is 8.14. The van der Waals surface area contributed by atoms with Crippen LogP contribution < -0.4 is 10.1 Å². The van der Waals surface area contributed by atoms with Gasteiger partial charge in [-0.15, -0.1) is 0 Å². The molecular formula is C15H24N2O4S. The van der Waals surface area contributed by atoms with Gasteiger partial charge in [0.05, 0.1) is 6.61 Å². The lowest BCUT2D eigenvalue weighted by molar-refractivity contribution is -0.116. The SMILES string of the molecule is CCCCC(=O)Nc1ccc(OCC)c(S(=O)(=O)N(C)C)c1. The molecule has 0 aliphatic heterocycles. The average Bonchev–Trinajstić information content (AvgIpc) is 2.46. The molecule has 0 aliphatic carbocycles. The lowest BCUT2D eigenvalue weighted by Crippen LogP contribution is -2.23. The molecule has 0 radical (unpaired) electrons. The van der Waals surface area contributed by atoms with E-state index in [0.717, 1.165) is 17.1 Å². The summed E-state index contributed by atoms with van der Waals surface area (Å²) in [5.41, 5.74) is 0.449. The van der Waals surface area contributed by atoms with E-state index in [4.69, 9.17) is 4.74 Å². The van der Waals surface area contributed by atoms with E-state index < -0.39 is 10.0 Å². The summed E-state index contributed by atoms with van der Waals surface area (Å²) >= 11 is 0. The Kier molecular flexibility index (Phi) is 6.83. The standard InChI is InChI=1S/C15H24N2O4S/c1-5-7-8-15(18)16-12-9-10-13(21-6-2)14(11-12)22(19,20)17(3)4/h9-11H,5-8H2,1-4H3,(H,16,18). The van der Waals surface area contributed by atoms with E-state index in [1.165, 1.54) is 20.2 Å². The van der Waals surface area contributed by atoms with Crippen LogP contribution in [-0.4, -0.2) is 39.3 Å². The van der Waals surface area contributed by atoms with Crippen LogP contribution in [0.4, 0.5) is 5.69 Å². The molecule has 1 amide bonds. The zero-order valence-corrected chi connectivity index (χ0v) is 14.4. The monoisotopic (exact) mass is 328 g/mol. The van der Waals surface area contributed by atoms with Crippen LogP contribution in [0.1, 0.15) is 33.1 Å². The number of nitrogens with one attached hydrogen (secondary N) is 1. The number of carbonyl (C=O) groups excluding carboxylic acids is 1. The highest BCUT2D eigenvalue weighted by Crippen LogP contribution is 2.29. The minimum Gasteiger partial charge on any atom is -0.492 e. The Bertz CT molecular complexity index is 612. The number of carbonyl (C=O) groups is 1. The second-order valence-electron chi connectivity index (χ2n) is 5.03. The number of anilines is 1. The number of hydrogen-bond acceptors (Lipinski definition) is 4. The summed E-state index contributed by atoms with van der Waals surface area (Å²) in [6.07, 6.45) is 2.14. The quantitative estimate of drug-likeness (QED) is 0.795. The molecule has 0 heterocycles. The van der Waals surface area contributed by atoms with Gasteiger partial charge in [0.2, 0.25) is 15.9 Å². The highest BCUT2D eigenvalue weighted by atomic mass is 32.2. The van der Waals surface area contributed by atoms with Crippen LogP contribution in [0.3, 0.4) is 0 Å². The van der Waals surface area contributed by atoms with Gasteiger partial charge in [0, 0.05) is 26.2 Å². The largest absolute Gasteiger partial charge is 0.492 e. The summed E-state index contributed by atoms with van der Waals surface area (Å²) in [4.78, 5) is 11.8. The van der Waals surface area contributed by atoms with Crippen molar-refractivity contribution in [1.82, 2.24) is 4.31 Å². The van der Waals surface area contributed by atoms with Crippen molar-refractivity contribution in [3.05, 3.63) is 18.2 Å². The molecule has 1 aromatic rings. The number of nitrogens with zero attached hydrogens (tertiary/aromatic N) is 1. The Hall–Kier alpha value is -1.60. The third kappa shape index (κ3) is 4.71. The van der Waals surface area contributed by atoms with Crippen molar-refractivity contribution in [3.8, 4) is 5.75 Å². The van der Waals surface area contributed by atoms with E-state index >= 15 is 0 Å². The van der Waals surface area contributed by atoms with Crippen LogP contribution in [0, 0.1) is 0 Å². The van der Waals surface area contributed by atoms with E-state index in [-0.39, 0.29) is 16.6 Å². The third-order valence-corrected chi connectivity index (χ3v) is 4.88. The molecule has 0 fully saturated rings.